The summed E-state index contributed by atoms with van der Waals surface area (Å²) in [6, 6.07) is 6.93. The first-order valence-corrected chi connectivity index (χ1v) is 6.61. The van der Waals surface area contributed by atoms with E-state index in [1.54, 1.807) is 24.4 Å². The quantitative estimate of drug-likeness (QED) is 0.839. The third-order valence-electron chi connectivity index (χ3n) is 2.45. The second-order valence-corrected chi connectivity index (χ2v) is 4.94. The van der Waals surface area contributed by atoms with Crippen LogP contribution in [-0.2, 0) is 6.42 Å². The van der Waals surface area contributed by atoms with E-state index in [1.807, 2.05) is 13.0 Å². The van der Waals surface area contributed by atoms with Gasteiger partial charge in [-0.3, -0.25) is 25.4 Å². The molecule has 2 heterocycles. The van der Waals surface area contributed by atoms with Crippen molar-refractivity contribution in [3.05, 3.63) is 52.0 Å². The second-order valence-electron chi connectivity index (χ2n) is 3.77. The van der Waals surface area contributed by atoms with Gasteiger partial charge < -0.3 is 0 Å². The van der Waals surface area contributed by atoms with Gasteiger partial charge in [0.2, 0.25) is 0 Å². The van der Waals surface area contributed by atoms with Gasteiger partial charge in [0.15, 0.2) is 0 Å². The molecule has 2 N–H and O–H groups in total. The van der Waals surface area contributed by atoms with E-state index in [0.717, 1.165) is 11.3 Å². The number of hydrogen-bond donors (Lipinski definition) is 2. The van der Waals surface area contributed by atoms with E-state index < -0.39 is 5.91 Å². The van der Waals surface area contributed by atoms with E-state index in [2.05, 4.69) is 15.8 Å². The number of hydrazine groups is 1. The number of nitrogens with zero attached hydrogens (tertiary/aromatic N) is 1. The topological polar surface area (TPSA) is 71.1 Å². The highest BCUT2D eigenvalue weighted by Gasteiger charge is 2.10. The number of carbonyl (C=O) groups is 2. The van der Waals surface area contributed by atoms with Gasteiger partial charge in [-0.15, -0.1) is 11.3 Å². The molecule has 0 atom stereocenters. The molecule has 0 unspecified atom stereocenters. The lowest BCUT2D eigenvalue weighted by Crippen LogP contribution is -2.41. The van der Waals surface area contributed by atoms with Crippen LogP contribution in [0, 0.1) is 0 Å². The van der Waals surface area contributed by atoms with E-state index in [0.29, 0.717) is 10.4 Å². The van der Waals surface area contributed by atoms with Gasteiger partial charge in [0.25, 0.3) is 11.8 Å². The summed E-state index contributed by atoms with van der Waals surface area (Å²) in [6.07, 6.45) is 3.90. The van der Waals surface area contributed by atoms with Crippen molar-refractivity contribution in [2.45, 2.75) is 13.3 Å². The minimum absolute atomic E-state index is 0.318. The van der Waals surface area contributed by atoms with Crippen LogP contribution in [-0.4, -0.2) is 16.8 Å². The van der Waals surface area contributed by atoms with Gasteiger partial charge in [0, 0.05) is 17.3 Å². The Morgan fingerprint density at radius 1 is 1.21 bits per heavy atom. The molecule has 0 saturated carbocycles. The van der Waals surface area contributed by atoms with E-state index in [-0.39, 0.29) is 5.91 Å². The first-order valence-electron chi connectivity index (χ1n) is 5.80. The highest BCUT2D eigenvalue weighted by atomic mass is 32.1. The first-order chi connectivity index (χ1) is 9.20. The number of thiophene rings is 1. The van der Waals surface area contributed by atoms with Crippen molar-refractivity contribution in [1.82, 2.24) is 15.8 Å². The van der Waals surface area contributed by atoms with Crippen LogP contribution in [0.3, 0.4) is 0 Å². The van der Waals surface area contributed by atoms with Crippen LogP contribution in [0.25, 0.3) is 0 Å². The summed E-state index contributed by atoms with van der Waals surface area (Å²) in [7, 11) is 0. The Labute approximate surface area is 114 Å². The third-order valence-corrected chi connectivity index (χ3v) is 3.68. The summed E-state index contributed by atoms with van der Waals surface area (Å²) in [5.41, 5.74) is 5.12. The molecule has 2 aromatic rings. The maximum absolute atomic E-state index is 11.8. The number of amides is 2. The molecule has 2 aromatic heterocycles. The van der Waals surface area contributed by atoms with Crippen LogP contribution in [0.15, 0.2) is 36.7 Å². The summed E-state index contributed by atoms with van der Waals surface area (Å²) in [6.45, 7) is 2.03. The molecule has 0 aliphatic carbocycles. The van der Waals surface area contributed by atoms with Gasteiger partial charge in [-0.25, -0.2) is 0 Å². The minimum atomic E-state index is -0.395. The number of hydrogen-bond acceptors (Lipinski definition) is 4. The molecule has 2 rings (SSSR count). The predicted molar refractivity (Wildman–Crippen MR) is 72.9 cm³/mol. The van der Waals surface area contributed by atoms with E-state index in [4.69, 9.17) is 0 Å². The molecule has 0 radical (unpaired) electrons. The molecule has 0 fully saturated rings. The van der Waals surface area contributed by atoms with Crippen molar-refractivity contribution >= 4 is 23.2 Å². The zero-order chi connectivity index (χ0) is 13.7. The Morgan fingerprint density at radius 2 is 2.00 bits per heavy atom. The van der Waals surface area contributed by atoms with Crippen LogP contribution in [0.2, 0.25) is 0 Å². The third kappa shape index (κ3) is 3.38. The van der Waals surface area contributed by atoms with Gasteiger partial charge in [-0.1, -0.05) is 6.92 Å². The summed E-state index contributed by atoms with van der Waals surface area (Å²) in [4.78, 5) is 29.0. The SMILES string of the molecule is CCc1ccc(C(=O)NNC(=O)c2cccnc2)s1. The summed E-state index contributed by atoms with van der Waals surface area (Å²) < 4.78 is 0. The van der Waals surface area contributed by atoms with Crippen molar-refractivity contribution in [3.8, 4) is 0 Å². The van der Waals surface area contributed by atoms with Gasteiger partial charge in [0.05, 0.1) is 10.4 Å². The van der Waals surface area contributed by atoms with E-state index in [9.17, 15) is 9.59 Å². The lowest BCUT2D eigenvalue weighted by molar-refractivity contribution is 0.0848. The fourth-order valence-corrected chi connectivity index (χ4v) is 2.28. The van der Waals surface area contributed by atoms with E-state index in [1.165, 1.54) is 17.5 Å². The Balaban J connectivity index is 1.92. The van der Waals surface area contributed by atoms with Crippen LogP contribution in [0.5, 0.6) is 0 Å². The number of aromatic nitrogens is 1. The van der Waals surface area contributed by atoms with Crippen molar-refractivity contribution in [3.63, 3.8) is 0 Å². The molecule has 19 heavy (non-hydrogen) atoms. The largest absolute Gasteiger partial charge is 0.279 e. The standard InChI is InChI=1S/C13H13N3O2S/c1-2-10-5-6-11(19-10)13(18)16-15-12(17)9-4-3-7-14-8-9/h3-8H,2H2,1H3,(H,15,17)(H,16,18). The van der Waals surface area contributed by atoms with Crippen LogP contribution < -0.4 is 10.9 Å². The molecule has 0 bridgehead atoms. The molecule has 98 valence electrons. The first kappa shape index (κ1) is 13.2. The lowest BCUT2D eigenvalue weighted by Gasteiger charge is -2.05. The van der Waals surface area contributed by atoms with Gasteiger partial charge in [-0.2, -0.15) is 0 Å². The van der Waals surface area contributed by atoms with Gasteiger partial charge in [-0.05, 0) is 30.7 Å². The maximum atomic E-state index is 11.8. The monoisotopic (exact) mass is 275 g/mol. The maximum Gasteiger partial charge on any atom is 0.279 e. The summed E-state index contributed by atoms with van der Waals surface area (Å²) >= 11 is 1.41. The average Bonchev–Trinajstić information content (AvgIpc) is 2.94. The average molecular weight is 275 g/mol. The van der Waals surface area contributed by atoms with Crippen LogP contribution in [0.1, 0.15) is 31.8 Å². The number of pyridine rings is 1. The molecule has 0 saturated heterocycles. The Hall–Kier alpha value is -2.21. The molecular formula is C13H13N3O2S. The summed E-state index contributed by atoms with van der Waals surface area (Å²) in [5, 5.41) is 0. The van der Waals surface area contributed by atoms with Crippen LogP contribution >= 0.6 is 11.3 Å². The van der Waals surface area contributed by atoms with Crippen molar-refractivity contribution in [1.29, 1.82) is 0 Å². The van der Waals surface area contributed by atoms with E-state index >= 15 is 0 Å². The van der Waals surface area contributed by atoms with Crippen molar-refractivity contribution in [2.24, 2.45) is 0 Å². The predicted octanol–water partition coefficient (Wildman–Crippen LogP) is 1.78. The van der Waals surface area contributed by atoms with Crippen molar-refractivity contribution < 1.29 is 9.59 Å². The molecule has 0 aromatic carbocycles. The summed E-state index contributed by atoms with van der Waals surface area (Å²) in [5.74, 6) is -0.712. The molecule has 0 aliphatic heterocycles. The molecule has 0 aliphatic rings. The zero-order valence-corrected chi connectivity index (χ0v) is 11.2. The lowest BCUT2D eigenvalue weighted by atomic mass is 10.3. The number of aryl methyl sites for hydroxylation is 1. The number of rotatable bonds is 3. The zero-order valence-electron chi connectivity index (χ0n) is 10.3. The van der Waals surface area contributed by atoms with Gasteiger partial charge >= 0.3 is 0 Å². The number of carbonyl (C=O) groups excluding carboxylic acids is 2. The Bertz CT molecular complexity index is 581. The molecule has 5 nitrogen and oxygen atoms in total. The minimum Gasteiger partial charge on any atom is -0.267 e. The van der Waals surface area contributed by atoms with Crippen molar-refractivity contribution in [2.75, 3.05) is 0 Å². The molecule has 2 amide bonds. The number of nitrogens with one attached hydrogen (secondary N) is 2. The Kier molecular flexibility index (Phi) is 4.25. The highest BCUT2D eigenvalue weighted by Crippen LogP contribution is 2.16. The smallest absolute Gasteiger partial charge is 0.267 e. The fraction of sp³-hybridized carbons (Fsp3) is 0.154. The van der Waals surface area contributed by atoms with Gasteiger partial charge in [0.1, 0.15) is 0 Å². The normalized spacial score (nSPS) is 9.95. The molecule has 6 heteroatoms. The Morgan fingerprint density at radius 3 is 2.63 bits per heavy atom. The highest BCUT2D eigenvalue weighted by molar-refractivity contribution is 7.14. The molecular weight excluding hydrogens is 262 g/mol. The second kappa shape index (κ2) is 6.10. The fourth-order valence-electron chi connectivity index (χ4n) is 1.43. The van der Waals surface area contributed by atoms with Crippen LogP contribution in [0.4, 0.5) is 0 Å². The molecule has 0 spiro atoms.